The van der Waals surface area contributed by atoms with Crippen molar-refractivity contribution in [2.45, 2.75) is 32.9 Å². The third kappa shape index (κ3) is 3.04. The van der Waals surface area contributed by atoms with Crippen molar-refractivity contribution in [1.29, 1.82) is 0 Å². The SMILES string of the molecule is CCC(C)N(C)Cc1ccsc1C(=O)NN. The molecule has 0 aliphatic rings. The van der Waals surface area contributed by atoms with Gasteiger partial charge in [-0.05, 0) is 37.4 Å². The zero-order valence-corrected chi connectivity index (χ0v) is 10.8. The largest absolute Gasteiger partial charge is 0.299 e. The van der Waals surface area contributed by atoms with E-state index in [1.807, 2.05) is 11.4 Å². The summed E-state index contributed by atoms with van der Waals surface area (Å²) < 4.78 is 0. The van der Waals surface area contributed by atoms with Crippen molar-refractivity contribution in [3.63, 3.8) is 0 Å². The molecule has 0 aliphatic heterocycles. The standard InChI is InChI=1S/C11H19N3OS/c1-4-8(2)14(3)7-9-5-6-16-10(9)11(15)13-12/h5-6,8H,4,7,12H2,1-3H3,(H,13,15). The number of carbonyl (C=O) groups excluding carboxylic acids is 1. The number of nitrogens with two attached hydrogens (primary N) is 1. The van der Waals surface area contributed by atoms with Gasteiger partial charge in [0.05, 0.1) is 4.88 Å². The van der Waals surface area contributed by atoms with E-state index in [1.54, 1.807) is 0 Å². The Morgan fingerprint density at radius 1 is 1.69 bits per heavy atom. The maximum atomic E-state index is 11.5. The Kier molecular flexibility index (Phi) is 4.92. The topological polar surface area (TPSA) is 58.4 Å². The van der Waals surface area contributed by atoms with Crippen LogP contribution in [0, 0.1) is 0 Å². The molecule has 4 nitrogen and oxygen atoms in total. The average Bonchev–Trinajstić information content (AvgIpc) is 2.74. The van der Waals surface area contributed by atoms with E-state index in [4.69, 9.17) is 5.84 Å². The van der Waals surface area contributed by atoms with Gasteiger partial charge in [0, 0.05) is 12.6 Å². The van der Waals surface area contributed by atoms with Crippen LogP contribution < -0.4 is 11.3 Å². The first kappa shape index (κ1) is 13.2. The summed E-state index contributed by atoms with van der Waals surface area (Å²) in [5.74, 6) is 4.94. The lowest BCUT2D eigenvalue weighted by atomic mass is 10.2. The molecule has 16 heavy (non-hydrogen) atoms. The van der Waals surface area contributed by atoms with Crippen molar-refractivity contribution in [3.8, 4) is 0 Å². The minimum atomic E-state index is -0.206. The summed E-state index contributed by atoms with van der Waals surface area (Å²) in [6.07, 6.45) is 1.10. The molecule has 1 rings (SSSR count). The molecule has 0 spiro atoms. The van der Waals surface area contributed by atoms with Crippen LogP contribution >= 0.6 is 11.3 Å². The molecule has 0 saturated heterocycles. The van der Waals surface area contributed by atoms with Gasteiger partial charge < -0.3 is 0 Å². The fourth-order valence-corrected chi connectivity index (χ4v) is 2.28. The van der Waals surface area contributed by atoms with Crippen molar-refractivity contribution in [2.75, 3.05) is 7.05 Å². The minimum absolute atomic E-state index is 0.206. The summed E-state index contributed by atoms with van der Waals surface area (Å²) in [6, 6.07) is 2.49. The van der Waals surface area contributed by atoms with Crippen molar-refractivity contribution < 1.29 is 4.79 Å². The van der Waals surface area contributed by atoms with E-state index in [1.165, 1.54) is 11.3 Å². The summed E-state index contributed by atoms with van der Waals surface area (Å²) in [7, 11) is 2.07. The number of carbonyl (C=O) groups is 1. The first-order chi connectivity index (χ1) is 7.60. The molecule has 1 unspecified atom stereocenters. The van der Waals surface area contributed by atoms with Gasteiger partial charge in [-0.25, -0.2) is 5.84 Å². The Balaban J connectivity index is 2.74. The quantitative estimate of drug-likeness (QED) is 0.467. The number of hydrogen-bond donors (Lipinski definition) is 2. The van der Waals surface area contributed by atoms with E-state index < -0.39 is 0 Å². The molecule has 1 atom stereocenters. The number of hydrazine groups is 1. The first-order valence-corrected chi connectivity index (χ1v) is 6.25. The summed E-state index contributed by atoms with van der Waals surface area (Å²) in [6.45, 7) is 5.11. The summed E-state index contributed by atoms with van der Waals surface area (Å²) in [5, 5.41) is 1.92. The third-order valence-electron chi connectivity index (χ3n) is 2.85. The van der Waals surface area contributed by atoms with Gasteiger partial charge in [0.2, 0.25) is 0 Å². The lowest BCUT2D eigenvalue weighted by Gasteiger charge is -2.23. The normalized spacial score (nSPS) is 12.8. The molecule has 0 aliphatic carbocycles. The molecule has 0 radical (unpaired) electrons. The monoisotopic (exact) mass is 241 g/mol. The molecule has 0 aromatic carbocycles. The number of nitrogens with zero attached hydrogens (tertiary/aromatic N) is 1. The van der Waals surface area contributed by atoms with Gasteiger partial charge in [-0.1, -0.05) is 6.92 Å². The van der Waals surface area contributed by atoms with E-state index in [9.17, 15) is 4.79 Å². The summed E-state index contributed by atoms with van der Waals surface area (Å²) in [5.41, 5.74) is 3.21. The van der Waals surface area contributed by atoms with E-state index in [0.717, 1.165) is 18.5 Å². The summed E-state index contributed by atoms with van der Waals surface area (Å²) in [4.78, 5) is 14.4. The van der Waals surface area contributed by atoms with Crippen LogP contribution in [0.15, 0.2) is 11.4 Å². The predicted octanol–water partition coefficient (Wildman–Crippen LogP) is 1.58. The van der Waals surface area contributed by atoms with E-state index >= 15 is 0 Å². The predicted molar refractivity (Wildman–Crippen MR) is 67.2 cm³/mol. The van der Waals surface area contributed by atoms with Crippen molar-refractivity contribution in [2.24, 2.45) is 5.84 Å². The van der Waals surface area contributed by atoms with E-state index in [0.29, 0.717) is 10.9 Å². The number of hydrogen-bond acceptors (Lipinski definition) is 4. The average molecular weight is 241 g/mol. The molecule has 1 aromatic rings. The highest BCUT2D eigenvalue weighted by Gasteiger charge is 2.15. The second-order valence-corrected chi connectivity index (χ2v) is 4.84. The highest BCUT2D eigenvalue weighted by Crippen LogP contribution is 2.19. The smallest absolute Gasteiger partial charge is 0.275 e. The zero-order chi connectivity index (χ0) is 12.1. The van der Waals surface area contributed by atoms with Crippen molar-refractivity contribution in [1.82, 2.24) is 10.3 Å². The van der Waals surface area contributed by atoms with Crippen molar-refractivity contribution >= 4 is 17.2 Å². The van der Waals surface area contributed by atoms with Crippen LogP contribution in [0.1, 0.15) is 35.5 Å². The van der Waals surface area contributed by atoms with Crippen LogP contribution in [0.5, 0.6) is 0 Å². The van der Waals surface area contributed by atoms with Gasteiger partial charge >= 0.3 is 0 Å². The number of thiophene rings is 1. The van der Waals surface area contributed by atoms with Gasteiger partial charge in [-0.2, -0.15) is 0 Å². The molecule has 0 saturated carbocycles. The Hall–Kier alpha value is -0.910. The Bertz CT molecular complexity index is 351. The molecule has 0 bridgehead atoms. The third-order valence-corrected chi connectivity index (χ3v) is 3.80. The second-order valence-electron chi connectivity index (χ2n) is 3.92. The van der Waals surface area contributed by atoms with Crippen LogP contribution in [0.4, 0.5) is 0 Å². The zero-order valence-electron chi connectivity index (χ0n) is 9.99. The number of nitrogens with one attached hydrogen (secondary N) is 1. The van der Waals surface area contributed by atoms with E-state index in [-0.39, 0.29) is 5.91 Å². The van der Waals surface area contributed by atoms with Gasteiger partial charge in [0.25, 0.3) is 5.91 Å². The molecular weight excluding hydrogens is 222 g/mol. The van der Waals surface area contributed by atoms with Crippen LogP contribution in [0.3, 0.4) is 0 Å². The molecule has 1 aromatic heterocycles. The molecule has 5 heteroatoms. The number of rotatable bonds is 5. The van der Waals surface area contributed by atoms with Crippen LogP contribution in [-0.4, -0.2) is 23.9 Å². The van der Waals surface area contributed by atoms with Crippen molar-refractivity contribution in [3.05, 3.63) is 21.9 Å². The van der Waals surface area contributed by atoms with Crippen LogP contribution in [0.2, 0.25) is 0 Å². The maximum absolute atomic E-state index is 11.5. The lowest BCUT2D eigenvalue weighted by molar-refractivity contribution is 0.0955. The molecule has 1 amide bonds. The number of nitrogen functional groups attached to an aromatic ring is 1. The number of amides is 1. The van der Waals surface area contributed by atoms with E-state index in [2.05, 4.69) is 31.2 Å². The second kappa shape index (κ2) is 5.98. The molecule has 0 fully saturated rings. The first-order valence-electron chi connectivity index (χ1n) is 5.37. The molecule has 90 valence electrons. The Morgan fingerprint density at radius 3 is 2.94 bits per heavy atom. The molecule has 3 N–H and O–H groups in total. The van der Waals surface area contributed by atoms with Gasteiger partial charge in [0.15, 0.2) is 0 Å². The van der Waals surface area contributed by atoms with Gasteiger partial charge in [0.1, 0.15) is 0 Å². The highest BCUT2D eigenvalue weighted by atomic mass is 32.1. The summed E-state index contributed by atoms with van der Waals surface area (Å²) >= 11 is 1.42. The van der Waals surface area contributed by atoms with Crippen LogP contribution in [0.25, 0.3) is 0 Å². The van der Waals surface area contributed by atoms with Crippen LogP contribution in [-0.2, 0) is 6.54 Å². The Labute approximate surface area is 100 Å². The van der Waals surface area contributed by atoms with Gasteiger partial charge in [-0.15, -0.1) is 11.3 Å². The Morgan fingerprint density at radius 2 is 2.38 bits per heavy atom. The fourth-order valence-electron chi connectivity index (χ4n) is 1.46. The molecular formula is C11H19N3OS. The lowest BCUT2D eigenvalue weighted by Crippen LogP contribution is -2.32. The molecule has 1 heterocycles. The highest BCUT2D eigenvalue weighted by molar-refractivity contribution is 7.12. The minimum Gasteiger partial charge on any atom is -0.299 e. The fraction of sp³-hybridized carbons (Fsp3) is 0.545. The van der Waals surface area contributed by atoms with Gasteiger partial charge in [-0.3, -0.25) is 15.1 Å². The maximum Gasteiger partial charge on any atom is 0.275 e.